The summed E-state index contributed by atoms with van der Waals surface area (Å²) in [5.41, 5.74) is 2.79. The van der Waals surface area contributed by atoms with Gasteiger partial charge in [0.15, 0.2) is 12.4 Å². The normalized spacial score (nSPS) is 13.5. The zero-order chi connectivity index (χ0) is 22.8. The van der Waals surface area contributed by atoms with E-state index in [0.29, 0.717) is 16.5 Å². The van der Waals surface area contributed by atoms with E-state index in [0.717, 1.165) is 28.6 Å². The highest BCUT2D eigenvalue weighted by Crippen LogP contribution is 2.35. The summed E-state index contributed by atoms with van der Waals surface area (Å²) in [6.45, 7) is 0. The number of carbonyl (C=O) groups is 2. The predicted molar refractivity (Wildman–Crippen MR) is 112 cm³/mol. The van der Waals surface area contributed by atoms with Gasteiger partial charge in [0, 0.05) is 52.9 Å². The molecule has 2 aromatic carbocycles. The van der Waals surface area contributed by atoms with E-state index in [1.54, 1.807) is 18.3 Å². The van der Waals surface area contributed by atoms with Crippen molar-refractivity contribution in [2.75, 3.05) is 14.2 Å². The standard InChI is InChI=1S/C20H16N3O2.CH4O4S/c1-22-10-8-13(9-11-22)12-21-17-7-6-16-18-14(17)4-3-5-15(18)19(24)23(2)20(16)25;1-5-6(2,3)4/h3-12H,1-2H3;1H3,(H,2,3,4)/q+1;/p-1. The van der Waals surface area contributed by atoms with Gasteiger partial charge in [0.2, 0.25) is 10.4 Å². The molecule has 1 aliphatic rings. The zero-order valence-corrected chi connectivity index (χ0v) is 17.8. The lowest BCUT2D eigenvalue weighted by molar-refractivity contribution is -0.671. The number of carbonyl (C=O) groups excluding carboxylic acids is 2. The molecule has 4 rings (SSSR count). The largest absolute Gasteiger partial charge is 0.726 e. The highest BCUT2D eigenvalue weighted by molar-refractivity contribution is 7.80. The van der Waals surface area contributed by atoms with E-state index in [1.165, 1.54) is 7.05 Å². The van der Waals surface area contributed by atoms with Gasteiger partial charge in [-0.15, -0.1) is 0 Å². The Morgan fingerprint density at radius 3 is 2.19 bits per heavy atom. The van der Waals surface area contributed by atoms with Crippen LogP contribution in [-0.4, -0.2) is 50.1 Å². The third-order valence-corrected chi connectivity index (χ3v) is 5.06. The Morgan fingerprint density at radius 1 is 1.03 bits per heavy atom. The Labute approximate surface area is 179 Å². The number of rotatable bonds is 3. The van der Waals surface area contributed by atoms with E-state index in [-0.39, 0.29) is 11.8 Å². The molecule has 0 saturated heterocycles. The minimum atomic E-state index is -4.41. The second-order valence-electron chi connectivity index (χ2n) is 6.66. The molecular formula is C21H19N3O6S. The van der Waals surface area contributed by atoms with Gasteiger partial charge in [-0.2, -0.15) is 0 Å². The fourth-order valence-corrected chi connectivity index (χ4v) is 3.06. The predicted octanol–water partition coefficient (Wildman–Crippen LogP) is 1.73. The number of aromatic nitrogens is 1. The van der Waals surface area contributed by atoms with Crippen molar-refractivity contribution >= 4 is 44.9 Å². The van der Waals surface area contributed by atoms with Gasteiger partial charge in [-0.25, -0.2) is 13.0 Å². The molecule has 9 nitrogen and oxygen atoms in total. The fraction of sp³-hybridized carbons (Fsp3) is 0.143. The SMILES string of the molecule is CN1C(=O)c2cccc3c(N=Cc4cc[n+](C)cc4)ccc(c23)C1=O.COS(=O)(=O)[O-]. The number of hydrogen-bond donors (Lipinski definition) is 0. The maximum Gasteiger partial charge on any atom is 0.261 e. The van der Waals surface area contributed by atoms with Crippen molar-refractivity contribution < 1.29 is 31.3 Å². The maximum absolute atomic E-state index is 12.4. The molecule has 10 heteroatoms. The summed E-state index contributed by atoms with van der Waals surface area (Å²) in [6, 6.07) is 13.0. The Hall–Kier alpha value is -3.47. The molecule has 31 heavy (non-hydrogen) atoms. The Morgan fingerprint density at radius 2 is 1.61 bits per heavy atom. The second kappa shape index (κ2) is 8.72. The highest BCUT2D eigenvalue weighted by atomic mass is 32.3. The first-order valence-electron chi connectivity index (χ1n) is 9.01. The lowest BCUT2D eigenvalue weighted by atomic mass is 9.93. The van der Waals surface area contributed by atoms with Crippen molar-refractivity contribution in [3.8, 4) is 0 Å². The molecule has 0 saturated carbocycles. The summed E-state index contributed by atoms with van der Waals surface area (Å²) in [7, 11) is -0.140. The van der Waals surface area contributed by atoms with Crippen LogP contribution in [-0.2, 0) is 21.6 Å². The molecular weight excluding hydrogens is 422 g/mol. The van der Waals surface area contributed by atoms with Crippen LogP contribution in [0.15, 0.2) is 59.9 Å². The van der Waals surface area contributed by atoms with Crippen molar-refractivity contribution in [2.24, 2.45) is 12.0 Å². The van der Waals surface area contributed by atoms with Gasteiger partial charge in [-0.05, 0) is 18.2 Å². The second-order valence-corrected chi connectivity index (χ2v) is 7.81. The van der Waals surface area contributed by atoms with Gasteiger partial charge >= 0.3 is 0 Å². The third-order valence-electron chi connectivity index (χ3n) is 4.65. The first-order chi connectivity index (χ1) is 14.6. The van der Waals surface area contributed by atoms with Crippen LogP contribution in [0.2, 0.25) is 0 Å². The topological polar surface area (TPSA) is 120 Å². The van der Waals surface area contributed by atoms with Crippen LogP contribution in [0.5, 0.6) is 0 Å². The van der Waals surface area contributed by atoms with Gasteiger partial charge in [0.25, 0.3) is 11.8 Å². The molecule has 2 heterocycles. The van der Waals surface area contributed by atoms with Crippen molar-refractivity contribution in [1.29, 1.82) is 0 Å². The van der Waals surface area contributed by atoms with Crippen LogP contribution < -0.4 is 4.57 Å². The third kappa shape index (κ3) is 4.82. The molecule has 1 aliphatic heterocycles. The number of nitrogens with zero attached hydrogens (tertiary/aromatic N) is 3. The Balaban J connectivity index is 0.000000401. The molecule has 0 aliphatic carbocycles. The minimum absolute atomic E-state index is 0.278. The summed E-state index contributed by atoms with van der Waals surface area (Å²) in [5.74, 6) is -0.556. The summed E-state index contributed by atoms with van der Waals surface area (Å²) in [4.78, 5) is 30.5. The Kier molecular flexibility index (Phi) is 6.25. The number of aryl methyl sites for hydroxylation is 1. The molecule has 0 radical (unpaired) electrons. The lowest BCUT2D eigenvalue weighted by Gasteiger charge is -2.24. The van der Waals surface area contributed by atoms with Gasteiger partial charge in [0.1, 0.15) is 7.05 Å². The van der Waals surface area contributed by atoms with E-state index in [9.17, 15) is 22.6 Å². The van der Waals surface area contributed by atoms with Crippen molar-refractivity contribution in [3.05, 3.63) is 71.5 Å². The molecule has 0 bridgehead atoms. The van der Waals surface area contributed by atoms with Crippen molar-refractivity contribution in [2.45, 2.75) is 0 Å². The van der Waals surface area contributed by atoms with Gasteiger partial charge in [-0.3, -0.25) is 23.7 Å². The average molecular weight is 441 g/mol. The van der Waals surface area contributed by atoms with Crippen LogP contribution >= 0.6 is 0 Å². The van der Waals surface area contributed by atoms with E-state index in [1.807, 2.05) is 54.3 Å². The number of aliphatic imine (C=N–C) groups is 1. The molecule has 2 amide bonds. The lowest BCUT2D eigenvalue weighted by Crippen LogP contribution is -2.36. The van der Waals surface area contributed by atoms with Crippen LogP contribution in [0.25, 0.3) is 10.8 Å². The summed E-state index contributed by atoms with van der Waals surface area (Å²) < 4.78 is 33.0. The van der Waals surface area contributed by atoms with Crippen LogP contribution in [0, 0.1) is 0 Å². The number of imide groups is 1. The van der Waals surface area contributed by atoms with Gasteiger partial charge in [-0.1, -0.05) is 12.1 Å². The molecule has 0 spiro atoms. The quantitative estimate of drug-likeness (QED) is 0.201. The molecule has 160 valence electrons. The number of pyridine rings is 1. The number of amides is 2. The monoisotopic (exact) mass is 441 g/mol. The average Bonchev–Trinajstić information content (AvgIpc) is 2.75. The maximum atomic E-state index is 12.4. The number of hydrogen-bond acceptors (Lipinski definition) is 7. The van der Waals surface area contributed by atoms with Crippen molar-refractivity contribution in [3.63, 3.8) is 0 Å². The summed E-state index contributed by atoms with van der Waals surface area (Å²) in [5, 5.41) is 1.49. The van der Waals surface area contributed by atoms with Gasteiger partial charge in [0.05, 0.1) is 12.8 Å². The summed E-state index contributed by atoms with van der Waals surface area (Å²) >= 11 is 0. The highest BCUT2D eigenvalue weighted by Gasteiger charge is 2.30. The minimum Gasteiger partial charge on any atom is -0.726 e. The fourth-order valence-electron chi connectivity index (χ4n) is 3.06. The number of benzene rings is 2. The van der Waals surface area contributed by atoms with Crippen molar-refractivity contribution in [1.82, 2.24) is 4.90 Å². The molecule has 0 unspecified atom stereocenters. The van der Waals surface area contributed by atoms with Crippen LogP contribution in [0.3, 0.4) is 0 Å². The molecule has 3 aromatic rings. The molecule has 0 fully saturated rings. The van der Waals surface area contributed by atoms with E-state index < -0.39 is 10.4 Å². The first-order valence-corrected chi connectivity index (χ1v) is 10.3. The van der Waals surface area contributed by atoms with E-state index in [4.69, 9.17) is 0 Å². The molecule has 0 atom stereocenters. The van der Waals surface area contributed by atoms with Crippen LogP contribution in [0.1, 0.15) is 26.3 Å². The molecule has 1 aromatic heterocycles. The van der Waals surface area contributed by atoms with Gasteiger partial charge < -0.3 is 4.55 Å². The zero-order valence-electron chi connectivity index (χ0n) is 17.0. The summed E-state index contributed by atoms with van der Waals surface area (Å²) in [6.07, 6.45) is 5.68. The Bertz CT molecular complexity index is 1280. The van der Waals surface area contributed by atoms with Crippen LogP contribution in [0.4, 0.5) is 5.69 Å². The molecule has 0 N–H and O–H groups in total. The first kappa shape index (κ1) is 22.2. The van der Waals surface area contributed by atoms with E-state index in [2.05, 4.69) is 9.18 Å². The smallest absolute Gasteiger partial charge is 0.261 e. The van der Waals surface area contributed by atoms with E-state index >= 15 is 0 Å².